The summed E-state index contributed by atoms with van der Waals surface area (Å²) >= 11 is 0. The average Bonchev–Trinajstić information content (AvgIpc) is 2.57. The van der Waals surface area contributed by atoms with Crippen LogP contribution in [-0.2, 0) is 9.59 Å². The van der Waals surface area contributed by atoms with Crippen LogP contribution in [0.5, 0.6) is 0 Å². The minimum atomic E-state index is -1.19. The van der Waals surface area contributed by atoms with E-state index in [0.29, 0.717) is 0 Å². The lowest BCUT2D eigenvalue weighted by Crippen LogP contribution is -2.50. The maximum Gasteiger partial charge on any atom is 0.326 e. The summed E-state index contributed by atoms with van der Waals surface area (Å²) in [4.78, 5) is 44.6. The number of nitro groups is 2. The fraction of sp³-hybridized carbons (Fsp3) is 0.529. The first-order chi connectivity index (χ1) is 12.9. The van der Waals surface area contributed by atoms with E-state index in [1.165, 1.54) is 0 Å². The van der Waals surface area contributed by atoms with E-state index < -0.39 is 45.2 Å². The zero-order valence-electron chi connectivity index (χ0n) is 16.0. The maximum absolute atomic E-state index is 12.6. The molecule has 1 aromatic rings. The number of anilines is 1. The van der Waals surface area contributed by atoms with Crippen LogP contribution in [0, 0.1) is 32.1 Å². The molecule has 0 heterocycles. The van der Waals surface area contributed by atoms with Gasteiger partial charge in [-0.1, -0.05) is 27.7 Å². The molecule has 0 saturated heterocycles. The zero-order chi connectivity index (χ0) is 21.6. The molecule has 0 radical (unpaired) electrons. The Kier molecular flexibility index (Phi) is 7.84. The van der Waals surface area contributed by atoms with Crippen molar-refractivity contribution in [2.45, 2.75) is 46.2 Å². The zero-order valence-corrected chi connectivity index (χ0v) is 16.0. The largest absolute Gasteiger partial charge is 0.480 e. The summed E-state index contributed by atoms with van der Waals surface area (Å²) in [6.07, 6.45) is 0.268. The van der Waals surface area contributed by atoms with E-state index in [2.05, 4.69) is 10.6 Å². The first-order valence-electron chi connectivity index (χ1n) is 8.66. The van der Waals surface area contributed by atoms with Crippen LogP contribution in [0.2, 0.25) is 0 Å². The Labute approximate surface area is 161 Å². The molecule has 1 amide bonds. The third kappa shape index (κ3) is 6.18. The topological polar surface area (TPSA) is 165 Å². The summed E-state index contributed by atoms with van der Waals surface area (Å²) in [6.45, 7) is 6.96. The van der Waals surface area contributed by atoms with E-state index in [1.807, 2.05) is 13.8 Å². The van der Waals surface area contributed by atoms with Crippen LogP contribution in [0.25, 0.3) is 0 Å². The van der Waals surface area contributed by atoms with Gasteiger partial charge in [-0.25, -0.2) is 4.79 Å². The third-order valence-electron chi connectivity index (χ3n) is 3.97. The van der Waals surface area contributed by atoms with Crippen molar-refractivity contribution < 1.29 is 24.5 Å². The van der Waals surface area contributed by atoms with Crippen LogP contribution in [0.3, 0.4) is 0 Å². The van der Waals surface area contributed by atoms with Crippen LogP contribution in [-0.4, -0.2) is 38.9 Å². The van der Waals surface area contributed by atoms with E-state index in [1.54, 1.807) is 13.8 Å². The minimum Gasteiger partial charge on any atom is -0.480 e. The number of aliphatic carboxylic acids is 1. The predicted octanol–water partition coefficient (Wildman–Crippen LogP) is 2.56. The summed E-state index contributed by atoms with van der Waals surface area (Å²) < 4.78 is 0. The number of hydrogen-bond donors (Lipinski definition) is 3. The molecule has 1 rings (SSSR count). The van der Waals surface area contributed by atoms with E-state index in [0.717, 1.165) is 18.2 Å². The lowest BCUT2D eigenvalue weighted by molar-refractivity contribution is -0.393. The quantitative estimate of drug-likeness (QED) is 0.401. The molecule has 2 atom stereocenters. The van der Waals surface area contributed by atoms with E-state index >= 15 is 0 Å². The van der Waals surface area contributed by atoms with Gasteiger partial charge in [-0.15, -0.1) is 0 Å². The van der Waals surface area contributed by atoms with Crippen LogP contribution < -0.4 is 10.6 Å². The van der Waals surface area contributed by atoms with Crippen LogP contribution in [0.15, 0.2) is 18.2 Å². The Morgan fingerprint density at radius 3 is 2.14 bits per heavy atom. The summed E-state index contributed by atoms with van der Waals surface area (Å²) in [6, 6.07) is 0.986. The monoisotopic (exact) mass is 396 g/mol. The molecule has 1 aromatic carbocycles. The second kappa shape index (κ2) is 9.62. The second-order valence-electron chi connectivity index (χ2n) is 7.11. The molecule has 3 N–H and O–H groups in total. The number of nitrogens with one attached hydrogen (secondary N) is 2. The molecule has 11 nitrogen and oxygen atoms in total. The molecule has 0 bridgehead atoms. The summed E-state index contributed by atoms with van der Waals surface area (Å²) in [5.41, 5.74) is -1.06. The predicted molar refractivity (Wildman–Crippen MR) is 101 cm³/mol. The average molecular weight is 396 g/mol. The molecule has 154 valence electrons. The Hall–Kier alpha value is -3.24. The van der Waals surface area contributed by atoms with Crippen molar-refractivity contribution in [1.29, 1.82) is 0 Å². The Bertz CT molecular complexity index is 764. The molecule has 0 aromatic heterocycles. The second-order valence-corrected chi connectivity index (χ2v) is 7.11. The molecular formula is C17H24N4O7. The lowest BCUT2D eigenvalue weighted by Gasteiger charge is -2.24. The lowest BCUT2D eigenvalue weighted by atomic mass is 10.00. The van der Waals surface area contributed by atoms with Crippen molar-refractivity contribution in [2.24, 2.45) is 11.8 Å². The highest BCUT2D eigenvalue weighted by Gasteiger charge is 2.30. The molecule has 0 spiro atoms. The molecule has 11 heteroatoms. The van der Waals surface area contributed by atoms with Gasteiger partial charge in [-0.05, 0) is 24.3 Å². The maximum atomic E-state index is 12.6. The number of rotatable bonds is 10. The van der Waals surface area contributed by atoms with Gasteiger partial charge in [0.25, 0.3) is 11.4 Å². The highest BCUT2D eigenvalue weighted by molar-refractivity contribution is 5.89. The number of non-ortho nitro benzene ring substituents is 1. The molecule has 0 fully saturated rings. The summed E-state index contributed by atoms with van der Waals surface area (Å²) in [7, 11) is 0. The normalized spacial score (nSPS) is 13.1. The van der Waals surface area contributed by atoms with E-state index in [9.17, 15) is 34.9 Å². The van der Waals surface area contributed by atoms with Crippen molar-refractivity contribution in [3.63, 3.8) is 0 Å². The number of carbonyl (C=O) groups is 2. The van der Waals surface area contributed by atoms with E-state index in [4.69, 9.17) is 0 Å². The van der Waals surface area contributed by atoms with Gasteiger partial charge in [0.15, 0.2) is 0 Å². The van der Waals surface area contributed by atoms with Gasteiger partial charge in [-0.3, -0.25) is 25.0 Å². The molecule has 0 unspecified atom stereocenters. The first-order valence-corrected chi connectivity index (χ1v) is 8.66. The van der Waals surface area contributed by atoms with Crippen molar-refractivity contribution in [3.05, 3.63) is 38.4 Å². The number of amides is 1. The molecular weight excluding hydrogens is 372 g/mol. The fourth-order valence-electron chi connectivity index (χ4n) is 2.56. The number of nitro benzene ring substituents is 2. The van der Waals surface area contributed by atoms with Gasteiger partial charge in [0.05, 0.1) is 15.9 Å². The molecule has 0 aliphatic rings. The Balaban J connectivity index is 3.19. The molecule has 28 heavy (non-hydrogen) atoms. The van der Waals surface area contributed by atoms with Gasteiger partial charge in [0, 0.05) is 6.07 Å². The van der Waals surface area contributed by atoms with Gasteiger partial charge in [0.1, 0.15) is 17.8 Å². The SMILES string of the molecule is CC(C)C[C@H](Nc1ccc([N+](=O)[O-])cc1[N+](=O)[O-])C(=O)N[C@H](C(=O)O)C(C)C. The van der Waals surface area contributed by atoms with Gasteiger partial charge in [-0.2, -0.15) is 0 Å². The van der Waals surface area contributed by atoms with E-state index in [-0.39, 0.29) is 23.9 Å². The number of carbonyl (C=O) groups excluding carboxylic acids is 1. The highest BCUT2D eigenvalue weighted by Crippen LogP contribution is 2.30. The van der Waals surface area contributed by atoms with Crippen molar-refractivity contribution >= 4 is 28.9 Å². The number of carboxylic acid groups (broad SMARTS) is 1. The smallest absolute Gasteiger partial charge is 0.326 e. The minimum absolute atomic E-state index is 0.0164. The van der Waals surface area contributed by atoms with Crippen LogP contribution in [0.1, 0.15) is 34.1 Å². The third-order valence-corrected chi connectivity index (χ3v) is 3.97. The van der Waals surface area contributed by atoms with Crippen molar-refractivity contribution in [2.75, 3.05) is 5.32 Å². The van der Waals surface area contributed by atoms with Crippen molar-refractivity contribution in [1.82, 2.24) is 5.32 Å². The fourth-order valence-corrected chi connectivity index (χ4v) is 2.56. The highest BCUT2D eigenvalue weighted by atomic mass is 16.6. The standard InChI is InChI=1S/C17H24N4O7/c1-9(2)7-13(16(22)19-15(10(3)4)17(23)24)18-12-6-5-11(20(25)26)8-14(12)21(27)28/h5-6,8-10,13,15,18H,7H2,1-4H3,(H,19,22)(H,23,24)/t13-,15-/m0/s1. The van der Waals surface area contributed by atoms with Gasteiger partial charge >= 0.3 is 5.97 Å². The van der Waals surface area contributed by atoms with Crippen LogP contribution in [0.4, 0.5) is 17.1 Å². The van der Waals surface area contributed by atoms with Crippen molar-refractivity contribution in [3.8, 4) is 0 Å². The first kappa shape index (κ1) is 22.8. The summed E-state index contributed by atoms with van der Waals surface area (Å²) in [5.74, 6) is -2.16. The number of nitrogens with zero attached hydrogens (tertiary/aromatic N) is 2. The molecule has 0 aliphatic heterocycles. The number of hydrogen-bond acceptors (Lipinski definition) is 7. The number of carboxylic acids is 1. The summed E-state index contributed by atoms with van der Waals surface area (Å²) in [5, 5.41) is 36.6. The number of benzene rings is 1. The molecule has 0 aliphatic carbocycles. The van der Waals surface area contributed by atoms with Gasteiger partial charge < -0.3 is 15.7 Å². The molecule has 0 saturated carbocycles. The Morgan fingerprint density at radius 2 is 1.71 bits per heavy atom. The van der Waals surface area contributed by atoms with Crippen LogP contribution >= 0.6 is 0 Å². The Morgan fingerprint density at radius 1 is 1.11 bits per heavy atom. The van der Waals surface area contributed by atoms with Gasteiger partial charge in [0.2, 0.25) is 5.91 Å².